The molecule has 0 bridgehead atoms. The summed E-state index contributed by atoms with van der Waals surface area (Å²) >= 11 is 0. The second-order valence-electron chi connectivity index (χ2n) is 3.17. The van der Waals surface area contributed by atoms with Gasteiger partial charge in [0, 0.05) is 6.54 Å². The summed E-state index contributed by atoms with van der Waals surface area (Å²) in [7, 11) is 0. The minimum Gasteiger partial charge on any atom is -0.480 e. The van der Waals surface area contributed by atoms with Gasteiger partial charge in [0.15, 0.2) is 0 Å². The molecule has 2 atom stereocenters. The summed E-state index contributed by atoms with van der Waals surface area (Å²) in [5, 5.41) is 11.1. The van der Waals surface area contributed by atoms with Crippen molar-refractivity contribution >= 4 is 11.9 Å². The minimum absolute atomic E-state index is 0.0188. The molecule has 0 aliphatic heterocycles. The monoisotopic (exact) mass is 218 g/mol. The fourth-order valence-electron chi connectivity index (χ4n) is 0.965. The second-order valence-corrected chi connectivity index (χ2v) is 3.17. The van der Waals surface area contributed by atoms with Gasteiger partial charge in [-0.2, -0.15) is 0 Å². The van der Waals surface area contributed by atoms with Crippen LogP contribution in [-0.4, -0.2) is 42.2 Å². The summed E-state index contributed by atoms with van der Waals surface area (Å²) in [5.41, 5.74) is 15.8. The van der Waals surface area contributed by atoms with Crippen LogP contribution >= 0.6 is 0 Å². The van der Waals surface area contributed by atoms with Crippen LogP contribution in [0.5, 0.6) is 0 Å². The number of carboxylic acid groups (broad SMARTS) is 1. The Hall–Kier alpha value is -1.18. The van der Waals surface area contributed by atoms with Crippen LogP contribution in [-0.2, 0) is 9.59 Å². The summed E-state index contributed by atoms with van der Waals surface area (Å²) in [6, 6.07) is -1.82. The molecular formula is C8H18N4O3. The number of nitrogens with one attached hydrogen (secondary N) is 1. The largest absolute Gasteiger partial charge is 0.480 e. The molecule has 0 rings (SSSR count). The third-order valence-corrected chi connectivity index (χ3v) is 1.90. The Morgan fingerprint density at radius 2 is 1.93 bits per heavy atom. The lowest BCUT2D eigenvalue weighted by molar-refractivity contribution is -0.142. The number of nitrogens with two attached hydrogens (primary N) is 3. The van der Waals surface area contributed by atoms with Crippen LogP contribution in [0, 0.1) is 0 Å². The molecule has 88 valence electrons. The lowest BCUT2D eigenvalue weighted by atomic mass is 10.1. The lowest BCUT2D eigenvalue weighted by Gasteiger charge is -2.16. The molecule has 8 N–H and O–H groups in total. The molecule has 7 nitrogen and oxygen atoms in total. The molecule has 0 aliphatic rings. The molecule has 0 spiro atoms. The average molecular weight is 218 g/mol. The van der Waals surface area contributed by atoms with Crippen LogP contribution in [0.3, 0.4) is 0 Å². The maximum atomic E-state index is 11.2. The summed E-state index contributed by atoms with van der Waals surface area (Å²) in [4.78, 5) is 22.0. The number of amides is 1. The van der Waals surface area contributed by atoms with E-state index in [4.69, 9.17) is 22.3 Å². The molecule has 0 saturated heterocycles. The van der Waals surface area contributed by atoms with Crippen LogP contribution in [0.25, 0.3) is 0 Å². The van der Waals surface area contributed by atoms with Crippen LogP contribution < -0.4 is 22.5 Å². The summed E-state index contributed by atoms with van der Waals surface area (Å²) in [6.45, 7) is 0.359. The Morgan fingerprint density at radius 3 is 2.33 bits per heavy atom. The van der Waals surface area contributed by atoms with Gasteiger partial charge in [0.25, 0.3) is 0 Å². The highest BCUT2D eigenvalue weighted by Crippen LogP contribution is 1.96. The van der Waals surface area contributed by atoms with Crippen molar-refractivity contribution < 1.29 is 14.7 Å². The summed E-state index contributed by atoms with van der Waals surface area (Å²) < 4.78 is 0. The average Bonchev–Trinajstić information content (AvgIpc) is 2.22. The van der Waals surface area contributed by atoms with Gasteiger partial charge in [-0.15, -0.1) is 0 Å². The van der Waals surface area contributed by atoms with Crippen molar-refractivity contribution in [1.29, 1.82) is 0 Å². The van der Waals surface area contributed by atoms with Gasteiger partial charge in [-0.3, -0.25) is 4.79 Å². The Bertz CT molecular complexity index is 222. The smallest absolute Gasteiger partial charge is 0.326 e. The first-order valence-electron chi connectivity index (χ1n) is 4.71. The van der Waals surface area contributed by atoms with Crippen LogP contribution in [0.1, 0.15) is 12.8 Å². The van der Waals surface area contributed by atoms with Gasteiger partial charge in [-0.25, -0.2) is 4.79 Å². The maximum Gasteiger partial charge on any atom is 0.326 e. The first kappa shape index (κ1) is 13.8. The van der Waals surface area contributed by atoms with Gasteiger partial charge in [-0.1, -0.05) is 0 Å². The third-order valence-electron chi connectivity index (χ3n) is 1.90. The van der Waals surface area contributed by atoms with Crippen molar-refractivity contribution in [2.24, 2.45) is 17.2 Å². The van der Waals surface area contributed by atoms with E-state index in [0.29, 0.717) is 13.0 Å². The van der Waals surface area contributed by atoms with Crippen LogP contribution in [0.15, 0.2) is 0 Å². The first-order chi connectivity index (χ1) is 7.02. The second kappa shape index (κ2) is 7.16. The van der Waals surface area contributed by atoms with E-state index in [-0.39, 0.29) is 13.0 Å². The topological polar surface area (TPSA) is 144 Å². The van der Waals surface area contributed by atoms with Gasteiger partial charge in [-0.05, 0) is 19.4 Å². The summed E-state index contributed by atoms with van der Waals surface area (Å²) in [6.07, 6.45) is 0.809. The number of carbonyl (C=O) groups is 2. The molecule has 0 aromatic heterocycles. The van der Waals surface area contributed by atoms with Gasteiger partial charge in [0.2, 0.25) is 5.91 Å². The highest BCUT2D eigenvalue weighted by Gasteiger charge is 2.21. The number of hydrogen-bond donors (Lipinski definition) is 5. The molecule has 0 fully saturated rings. The Kier molecular flexibility index (Phi) is 6.59. The zero-order valence-electron chi connectivity index (χ0n) is 8.48. The van der Waals surface area contributed by atoms with Gasteiger partial charge >= 0.3 is 5.97 Å². The van der Waals surface area contributed by atoms with Crippen molar-refractivity contribution in [1.82, 2.24) is 5.32 Å². The van der Waals surface area contributed by atoms with Gasteiger partial charge in [0.05, 0.1) is 6.04 Å². The molecule has 1 amide bonds. The van der Waals surface area contributed by atoms with Crippen LogP contribution in [0.4, 0.5) is 0 Å². The van der Waals surface area contributed by atoms with E-state index in [1.807, 2.05) is 0 Å². The SMILES string of the molecule is NCCC[C@H](NC(=O)[C@@H](N)CN)C(=O)O. The molecule has 0 heterocycles. The highest BCUT2D eigenvalue weighted by atomic mass is 16.4. The predicted octanol–water partition coefficient (Wildman–Crippen LogP) is -2.42. The standard InChI is InChI=1S/C8H18N4O3/c9-3-1-2-6(8(14)15)12-7(13)5(11)4-10/h5-6H,1-4,9-11H2,(H,12,13)(H,14,15)/t5-,6-/m0/s1. The molecule has 15 heavy (non-hydrogen) atoms. The molecule has 0 aromatic rings. The fourth-order valence-corrected chi connectivity index (χ4v) is 0.965. The number of carbonyl (C=O) groups excluding carboxylic acids is 1. The van der Waals surface area contributed by atoms with Crippen molar-refractivity contribution in [3.63, 3.8) is 0 Å². The molecular weight excluding hydrogens is 200 g/mol. The zero-order valence-corrected chi connectivity index (χ0v) is 8.48. The molecule has 7 heteroatoms. The van der Waals surface area contributed by atoms with Crippen molar-refractivity contribution in [3.05, 3.63) is 0 Å². The minimum atomic E-state index is -1.10. The van der Waals surface area contributed by atoms with Crippen LogP contribution in [0.2, 0.25) is 0 Å². The van der Waals surface area contributed by atoms with Gasteiger partial charge in [0.1, 0.15) is 6.04 Å². The summed E-state index contributed by atoms with van der Waals surface area (Å²) in [5.74, 6) is -1.65. The third kappa shape index (κ3) is 5.31. The van der Waals surface area contributed by atoms with E-state index < -0.39 is 24.0 Å². The lowest BCUT2D eigenvalue weighted by Crippen LogP contribution is -2.51. The van der Waals surface area contributed by atoms with E-state index in [1.165, 1.54) is 0 Å². The number of hydrogen-bond acceptors (Lipinski definition) is 5. The number of aliphatic carboxylic acids is 1. The van der Waals surface area contributed by atoms with Crippen molar-refractivity contribution in [2.75, 3.05) is 13.1 Å². The normalized spacial score (nSPS) is 14.3. The maximum absolute atomic E-state index is 11.2. The first-order valence-corrected chi connectivity index (χ1v) is 4.71. The van der Waals surface area contributed by atoms with Crippen molar-refractivity contribution in [2.45, 2.75) is 24.9 Å². The molecule has 0 aliphatic carbocycles. The van der Waals surface area contributed by atoms with Crippen molar-refractivity contribution in [3.8, 4) is 0 Å². The van der Waals surface area contributed by atoms with E-state index in [0.717, 1.165) is 0 Å². The van der Waals surface area contributed by atoms with Gasteiger partial charge < -0.3 is 27.6 Å². The zero-order chi connectivity index (χ0) is 11.8. The molecule has 0 aromatic carbocycles. The molecule has 0 unspecified atom stereocenters. The number of carboxylic acids is 1. The van der Waals surface area contributed by atoms with E-state index in [2.05, 4.69) is 5.32 Å². The Morgan fingerprint density at radius 1 is 1.33 bits per heavy atom. The van der Waals surface area contributed by atoms with E-state index in [1.54, 1.807) is 0 Å². The number of rotatable bonds is 7. The fraction of sp³-hybridized carbons (Fsp3) is 0.750. The highest BCUT2D eigenvalue weighted by molar-refractivity contribution is 5.86. The quantitative estimate of drug-likeness (QED) is 0.321. The predicted molar refractivity (Wildman–Crippen MR) is 54.9 cm³/mol. The Balaban J connectivity index is 4.16. The Labute approximate surface area is 88.0 Å². The van der Waals surface area contributed by atoms with E-state index >= 15 is 0 Å². The van der Waals surface area contributed by atoms with E-state index in [9.17, 15) is 9.59 Å². The molecule has 0 saturated carbocycles. The molecule has 0 radical (unpaired) electrons.